The minimum atomic E-state index is -0.439. The van der Waals surface area contributed by atoms with Gasteiger partial charge in [0.2, 0.25) is 0 Å². The third-order valence-electron chi connectivity index (χ3n) is 5.89. The molecule has 0 saturated heterocycles. The molecule has 0 radical (unpaired) electrons. The van der Waals surface area contributed by atoms with Gasteiger partial charge in [0.25, 0.3) is 0 Å². The summed E-state index contributed by atoms with van der Waals surface area (Å²) in [5.74, 6) is -0.210. The predicted molar refractivity (Wildman–Crippen MR) is 119 cm³/mol. The molecule has 3 aliphatic rings. The molecule has 30 heavy (non-hydrogen) atoms. The summed E-state index contributed by atoms with van der Waals surface area (Å²) >= 11 is 0. The van der Waals surface area contributed by atoms with Crippen LogP contribution in [0.1, 0.15) is 55.5 Å². The molecule has 5 heteroatoms. The molecule has 0 amide bonds. The number of hydrogen-bond donors (Lipinski definition) is 0. The predicted octanol–water partition coefficient (Wildman–Crippen LogP) is 4.87. The second kappa shape index (κ2) is 8.27. The van der Waals surface area contributed by atoms with E-state index in [4.69, 9.17) is 4.84 Å². The van der Waals surface area contributed by atoms with Crippen molar-refractivity contribution in [3.63, 3.8) is 0 Å². The van der Waals surface area contributed by atoms with Crippen LogP contribution in [-0.4, -0.2) is 30.1 Å². The number of ketones is 1. The Kier molecular flexibility index (Phi) is 5.53. The van der Waals surface area contributed by atoms with Gasteiger partial charge in [-0.25, -0.2) is 4.79 Å². The molecule has 1 heterocycles. The van der Waals surface area contributed by atoms with Crippen molar-refractivity contribution in [2.45, 2.75) is 45.6 Å². The number of nitrogens with zero attached hydrogens (tertiary/aromatic N) is 2. The third-order valence-corrected chi connectivity index (χ3v) is 5.89. The number of carbonyl (C=O) groups excluding carboxylic acids is 2. The molecule has 2 unspecified atom stereocenters. The Hall–Kier alpha value is -3.21. The first-order valence-electron chi connectivity index (χ1n) is 10.4. The van der Waals surface area contributed by atoms with E-state index < -0.39 is 5.97 Å². The Bertz CT molecular complexity index is 1040. The maximum Gasteiger partial charge on any atom is 0.331 e. The number of anilines is 1. The summed E-state index contributed by atoms with van der Waals surface area (Å²) in [6, 6.07) is 6.28. The van der Waals surface area contributed by atoms with Gasteiger partial charge in [0, 0.05) is 36.2 Å². The number of Topliss-reactive ketones (excluding diaryl/α,β-unsaturated/α-hetero) is 1. The molecular weight excluding hydrogens is 376 g/mol. The van der Waals surface area contributed by atoms with E-state index in [0.29, 0.717) is 5.71 Å². The summed E-state index contributed by atoms with van der Waals surface area (Å²) in [4.78, 5) is 31.3. The number of rotatable bonds is 5. The van der Waals surface area contributed by atoms with Crippen molar-refractivity contribution in [1.82, 2.24) is 0 Å². The normalized spacial score (nSPS) is 22.2. The smallest absolute Gasteiger partial charge is 0.331 e. The van der Waals surface area contributed by atoms with E-state index in [0.717, 1.165) is 41.7 Å². The van der Waals surface area contributed by atoms with Gasteiger partial charge in [0.1, 0.15) is 0 Å². The van der Waals surface area contributed by atoms with Gasteiger partial charge in [-0.05, 0) is 56.0 Å². The van der Waals surface area contributed by atoms with Gasteiger partial charge in [0.05, 0.1) is 11.8 Å². The number of oxime groups is 1. The molecule has 1 aromatic rings. The van der Waals surface area contributed by atoms with Crippen LogP contribution in [0.2, 0.25) is 0 Å². The summed E-state index contributed by atoms with van der Waals surface area (Å²) in [6.07, 6.45) is 14.0. The first-order chi connectivity index (χ1) is 14.5. The fourth-order valence-corrected chi connectivity index (χ4v) is 4.41. The molecule has 2 atom stereocenters. The Balaban J connectivity index is 1.70. The number of benzene rings is 1. The molecule has 0 bridgehead atoms. The highest BCUT2D eigenvalue weighted by atomic mass is 16.7. The van der Waals surface area contributed by atoms with Crippen LogP contribution in [0.5, 0.6) is 0 Å². The average Bonchev–Trinajstić information content (AvgIpc) is 3.09. The van der Waals surface area contributed by atoms with Crippen molar-refractivity contribution in [2.75, 3.05) is 11.4 Å². The molecule has 0 fully saturated rings. The molecule has 5 nitrogen and oxygen atoms in total. The number of allylic oxidation sites excluding steroid dienone is 6. The van der Waals surface area contributed by atoms with Crippen molar-refractivity contribution in [2.24, 2.45) is 5.16 Å². The Labute approximate surface area is 177 Å². The Morgan fingerprint density at radius 2 is 2.10 bits per heavy atom. The van der Waals surface area contributed by atoms with Crippen molar-refractivity contribution in [3.05, 3.63) is 76.9 Å². The van der Waals surface area contributed by atoms with Crippen molar-refractivity contribution in [1.29, 1.82) is 0 Å². The van der Waals surface area contributed by atoms with Gasteiger partial charge in [-0.1, -0.05) is 41.6 Å². The molecule has 0 saturated carbocycles. The van der Waals surface area contributed by atoms with Crippen LogP contribution in [-0.2, 0) is 9.63 Å². The maximum absolute atomic E-state index is 13.0. The quantitative estimate of drug-likeness (QED) is 0.305. The number of fused-ring (bicyclic) bond motifs is 3. The summed E-state index contributed by atoms with van der Waals surface area (Å²) in [5, 5.41) is 3.93. The van der Waals surface area contributed by atoms with Crippen LogP contribution in [0.25, 0.3) is 0 Å². The zero-order valence-electron chi connectivity index (χ0n) is 17.6. The summed E-state index contributed by atoms with van der Waals surface area (Å²) in [7, 11) is 0. The third kappa shape index (κ3) is 3.67. The van der Waals surface area contributed by atoms with Gasteiger partial charge in [-0.2, -0.15) is 0 Å². The minimum Gasteiger partial charge on any atom is -0.364 e. The van der Waals surface area contributed by atoms with Crippen molar-refractivity contribution >= 4 is 23.2 Å². The first-order valence-corrected chi connectivity index (χ1v) is 10.4. The molecule has 4 rings (SSSR count). The Morgan fingerprint density at radius 3 is 2.80 bits per heavy atom. The molecule has 0 aromatic heterocycles. The number of hydrogen-bond acceptors (Lipinski definition) is 5. The Morgan fingerprint density at radius 1 is 1.27 bits per heavy atom. The average molecular weight is 402 g/mol. The van der Waals surface area contributed by atoms with Gasteiger partial charge in [-0.3, -0.25) is 4.79 Å². The lowest BCUT2D eigenvalue weighted by atomic mass is 9.86. The minimum absolute atomic E-state index is 0.108. The topological polar surface area (TPSA) is 59.0 Å². The van der Waals surface area contributed by atoms with E-state index in [1.807, 2.05) is 31.2 Å². The van der Waals surface area contributed by atoms with Gasteiger partial charge in [0.15, 0.2) is 5.78 Å². The van der Waals surface area contributed by atoms with Crippen LogP contribution < -0.4 is 4.90 Å². The van der Waals surface area contributed by atoms with E-state index in [1.54, 1.807) is 0 Å². The van der Waals surface area contributed by atoms with E-state index in [2.05, 4.69) is 47.3 Å². The summed E-state index contributed by atoms with van der Waals surface area (Å²) < 4.78 is 0. The molecule has 0 N–H and O–H groups in total. The van der Waals surface area contributed by atoms with Crippen LogP contribution in [0.4, 0.5) is 5.69 Å². The van der Waals surface area contributed by atoms with E-state index in [1.165, 1.54) is 12.6 Å². The highest BCUT2D eigenvalue weighted by molar-refractivity contribution is 6.09. The second-order valence-corrected chi connectivity index (χ2v) is 7.80. The highest BCUT2D eigenvalue weighted by Crippen LogP contribution is 2.45. The molecule has 2 aliphatic carbocycles. The van der Waals surface area contributed by atoms with E-state index in [9.17, 15) is 9.59 Å². The first kappa shape index (κ1) is 20.1. The fourth-order valence-electron chi connectivity index (χ4n) is 4.41. The van der Waals surface area contributed by atoms with Crippen molar-refractivity contribution in [3.8, 4) is 0 Å². The van der Waals surface area contributed by atoms with Gasteiger partial charge >= 0.3 is 5.97 Å². The second-order valence-electron chi connectivity index (χ2n) is 7.80. The summed E-state index contributed by atoms with van der Waals surface area (Å²) in [6.45, 7) is 6.19. The van der Waals surface area contributed by atoms with Crippen LogP contribution in [0.3, 0.4) is 0 Å². The highest BCUT2D eigenvalue weighted by Gasteiger charge is 2.37. The largest absolute Gasteiger partial charge is 0.364 e. The molecule has 1 aromatic carbocycles. The molecule has 0 spiro atoms. The van der Waals surface area contributed by atoms with Gasteiger partial charge in [-0.15, -0.1) is 0 Å². The SMILES string of the molecule is CCN1c2ccc(C(=O)C3=CC=CCC3)cc2C2C=C(/C(C)=N/OC(C)=O)C=CC21. The van der Waals surface area contributed by atoms with Gasteiger partial charge < -0.3 is 9.74 Å². The lowest BCUT2D eigenvalue weighted by molar-refractivity contribution is -0.140. The van der Waals surface area contributed by atoms with Crippen LogP contribution in [0, 0.1) is 0 Å². The van der Waals surface area contributed by atoms with E-state index >= 15 is 0 Å². The van der Waals surface area contributed by atoms with Crippen LogP contribution >= 0.6 is 0 Å². The lowest BCUT2D eigenvalue weighted by Crippen LogP contribution is -2.33. The molecule has 1 aliphatic heterocycles. The fraction of sp³-hybridized carbons (Fsp3) is 0.320. The standard InChI is InChI=1S/C25H26N2O3/c1-4-27-23-12-10-19(16(2)26-30-17(3)28)14-21(23)22-15-20(11-13-24(22)27)25(29)18-8-6-5-7-9-18/h5-6,8,10-15,21,23H,4,7,9H2,1-3H3/b26-16+. The maximum atomic E-state index is 13.0. The summed E-state index contributed by atoms with van der Waals surface area (Å²) in [5.41, 5.74) is 5.51. The molecular formula is C25H26N2O3. The number of likely N-dealkylation sites (N-methyl/N-ethyl adjacent to an activating group) is 1. The van der Waals surface area contributed by atoms with Crippen LogP contribution in [0.15, 0.2) is 71.0 Å². The monoisotopic (exact) mass is 402 g/mol. The van der Waals surface area contributed by atoms with Crippen molar-refractivity contribution < 1.29 is 14.4 Å². The zero-order chi connectivity index (χ0) is 21.3. The zero-order valence-corrected chi connectivity index (χ0v) is 17.6. The number of carbonyl (C=O) groups is 2. The van der Waals surface area contributed by atoms with E-state index in [-0.39, 0.29) is 17.7 Å². The molecule has 154 valence electrons. The lowest BCUT2D eigenvalue weighted by Gasteiger charge is -2.28.